The van der Waals surface area contributed by atoms with Crippen molar-refractivity contribution in [2.45, 2.75) is 83.4 Å². The first-order valence-corrected chi connectivity index (χ1v) is 36.3. The number of carbonyl (C=O) groups is 3. The third kappa shape index (κ3) is 20.4. The maximum atomic E-state index is 12.7. The number of nitrogens with one attached hydrogen (secondary N) is 7. The number of hydrogen-bond donors (Lipinski definition) is 7. The number of H-pyrrole nitrogens is 1. The predicted molar refractivity (Wildman–Crippen MR) is 339 cm³/mol. The van der Waals surface area contributed by atoms with E-state index in [1.807, 2.05) is 12.1 Å². The average Bonchev–Trinajstić information content (AvgIpc) is 1.98. The summed E-state index contributed by atoms with van der Waals surface area (Å²) < 4.78 is 131. The van der Waals surface area contributed by atoms with E-state index >= 15 is 0 Å². The molecule has 7 N–H and O–H groups in total. The minimum atomic E-state index is -4.43. The molecule has 0 saturated heterocycles. The van der Waals surface area contributed by atoms with Crippen LogP contribution in [-0.4, -0.2) is 76.5 Å². The van der Waals surface area contributed by atoms with Gasteiger partial charge in [-0.25, -0.2) is 29.3 Å². The number of benzene rings is 3. The maximum absolute atomic E-state index is 12.7. The van der Waals surface area contributed by atoms with E-state index in [4.69, 9.17) is 9.47 Å². The molecule has 0 radical (unpaired) electrons. The van der Waals surface area contributed by atoms with Crippen LogP contribution in [0.3, 0.4) is 0 Å². The van der Waals surface area contributed by atoms with Gasteiger partial charge in [-0.05, 0) is 151 Å². The van der Waals surface area contributed by atoms with Crippen LogP contribution in [-0.2, 0) is 41.5 Å². The molecule has 0 aliphatic heterocycles. The average molecular weight is 1460 g/mol. The molecule has 3 aromatic carbocycles. The summed E-state index contributed by atoms with van der Waals surface area (Å²) in [6.07, 6.45) is -3.30. The van der Waals surface area contributed by atoms with Gasteiger partial charge >= 0.3 is 36.6 Å². The van der Waals surface area contributed by atoms with Crippen LogP contribution in [0.4, 0.5) is 88.0 Å². The van der Waals surface area contributed by atoms with Gasteiger partial charge < -0.3 is 55.5 Å². The van der Waals surface area contributed by atoms with Gasteiger partial charge in [0, 0.05) is 113 Å². The van der Waals surface area contributed by atoms with Crippen molar-refractivity contribution in [1.82, 2.24) is 29.1 Å². The van der Waals surface area contributed by atoms with Gasteiger partial charge in [0.15, 0.2) is 0 Å². The second-order valence-electron chi connectivity index (χ2n) is 22.0. The number of hydrogen-bond acceptors (Lipinski definition) is 8. The number of urea groups is 3. The van der Waals surface area contributed by atoms with E-state index in [1.165, 1.54) is 36.4 Å². The normalized spacial score (nSPS) is 12.0. The number of amides is 6. The van der Waals surface area contributed by atoms with Crippen LogP contribution < -0.4 is 31.9 Å². The topological polar surface area (TPSA) is 206 Å². The number of aromatic nitrogens is 6. The molecule has 17 nitrogen and oxygen atoms in total. The molecular formula is C57H58Br3F9N12O5Si2. The zero-order valence-corrected chi connectivity index (χ0v) is 54.4. The summed E-state index contributed by atoms with van der Waals surface area (Å²) in [4.78, 5) is 52.8. The van der Waals surface area contributed by atoms with Gasteiger partial charge in [-0.3, -0.25) is 0 Å². The first-order valence-electron chi connectivity index (χ1n) is 26.5. The van der Waals surface area contributed by atoms with Crippen LogP contribution in [0.2, 0.25) is 51.4 Å². The number of carbonyl (C=O) groups excluding carboxylic acids is 3. The summed E-state index contributed by atoms with van der Waals surface area (Å²) in [6, 6.07) is 18.5. The number of ether oxygens (including phenoxy) is 2. The van der Waals surface area contributed by atoms with E-state index in [2.05, 4.69) is 139 Å². The maximum Gasteiger partial charge on any atom is 0.416 e. The van der Waals surface area contributed by atoms with E-state index in [9.17, 15) is 53.9 Å². The number of pyridine rings is 3. The van der Waals surface area contributed by atoms with Crippen molar-refractivity contribution in [3.8, 4) is 0 Å². The van der Waals surface area contributed by atoms with Gasteiger partial charge in [0.2, 0.25) is 0 Å². The standard InChI is InChI=1S/2C21H24BrF3N4O2Si.C15H10BrF3N4O/c2*1-32(2,3)9-8-31-13-29-12-18(17-10-15(22)11-26-19(17)29)28-20(30)27-16-6-4-14(5-7-16)21(23,24)25;16-9-5-11-12(7-21-13(11)20-6-9)23-14(24)22-10-3-1-8(2-4-10)15(17,18)19/h2*4-7,10-12H,8-9,13H2,1-3H3,(H2,27,28,30);1-7H,(H,20,21)(H2,22,23,24). The fraction of sp³-hybridized carbons (Fsp3) is 0.263. The van der Waals surface area contributed by atoms with Crippen molar-refractivity contribution in [3.63, 3.8) is 0 Å². The Labute approximate surface area is 525 Å². The fourth-order valence-electron chi connectivity index (χ4n) is 7.93. The van der Waals surface area contributed by atoms with Crippen LogP contribution in [0.25, 0.3) is 33.1 Å². The number of alkyl halides is 9. The highest BCUT2D eigenvalue weighted by molar-refractivity contribution is 9.11. The lowest BCUT2D eigenvalue weighted by molar-refractivity contribution is -0.138. The zero-order chi connectivity index (χ0) is 64.4. The minimum Gasteiger partial charge on any atom is -0.361 e. The number of fused-ring (bicyclic) bond motifs is 3. The summed E-state index contributed by atoms with van der Waals surface area (Å²) in [5.74, 6) is 0. The molecule has 0 aliphatic carbocycles. The lowest BCUT2D eigenvalue weighted by atomic mass is 10.2. The molecule has 88 heavy (non-hydrogen) atoms. The molecular weight excluding hydrogens is 1400 g/mol. The van der Waals surface area contributed by atoms with E-state index in [0.29, 0.717) is 63.4 Å². The highest BCUT2D eigenvalue weighted by atomic mass is 79.9. The molecule has 0 spiro atoms. The Bertz CT molecular complexity index is 3700. The van der Waals surface area contributed by atoms with Crippen molar-refractivity contribution < 1.29 is 63.4 Å². The summed E-state index contributed by atoms with van der Waals surface area (Å²) in [6.45, 7) is 15.5. The second kappa shape index (κ2) is 28.9. The number of nitrogens with zero attached hydrogens (tertiary/aromatic N) is 5. The van der Waals surface area contributed by atoms with Crippen LogP contribution in [0, 0.1) is 0 Å². The van der Waals surface area contributed by atoms with Crippen molar-refractivity contribution >= 4 is 149 Å². The fourth-order valence-corrected chi connectivity index (χ4v) is 10.4. The summed E-state index contributed by atoms with van der Waals surface area (Å²) in [5.41, 5.74) is 1.80. The van der Waals surface area contributed by atoms with E-state index < -0.39 is 69.5 Å². The molecule has 31 heteroatoms. The molecule has 6 heterocycles. The molecule has 9 aromatic rings. The van der Waals surface area contributed by atoms with Crippen molar-refractivity contribution in [3.05, 3.63) is 158 Å². The number of rotatable bonds is 16. The summed E-state index contributed by atoms with van der Waals surface area (Å²) in [7, 11) is -2.42. The monoisotopic (exact) mass is 1450 g/mol. The molecule has 9 rings (SSSR count). The lowest BCUT2D eigenvalue weighted by Gasteiger charge is -2.15. The quantitative estimate of drug-likeness (QED) is 0.0281. The van der Waals surface area contributed by atoms with Crippen molar-refractivity contribution in [2.24, 2.45) is 0 Å². The van der Waals surface area contributed by atoms with Gasteiger partial charge in [-0.15, -0.1) is 0 Å². The Morgan fingerprint density at radius 3 is 1.12 bits per heavy atom. The molecule has 6 amide bonds. The van der Waals surface area contributed by atoms with Crippen molar-refractivity contribution in [1.29, 1.82) is 0 Å². The zero-order valence-electron chi connectivity index (χ0n) is 47.7. The van der Waals surface area contributed by atoms with E-state index in [1.54, 1.807) is 52.4 Å². The molecule has 468 valence electrons. The predicted octanol–water partition coefficient (Wildman–Crippen LogP) is 18.5. The number of anilines is 6. The molecule has 0 aliphatic rings. The van der Waals surface area contributed by atoms with E-state index in [0.717, 1.165) is 61.9 Å². The third-order valence-electron chi connectivity index (χ3n) is 12.5. The third-order valence-corrected chi connectivity index (χ3v) is 17.2. The second-order valence-corrected chi connectivity index (χ2v) is 36.0. The minimum absolute atomic E-state index is 0.244. The molecule has 0 fully saturated rings. The lowest BCUT2D eigenvalue weighted by Crippen LogP contribution is -2.22. The molecule has 0 unspecified atom stereocenters. The molecule has 0 atom stereocenters. The Kier molecular flexibility index (Phi) is 22.4. The first kappa shape index (κ1) is 68.2. The molecule has 6 aromatic heterocycles. The van der Waals surface area contributed by atoms with Crippen LogP contribution >= 0.6 is 47.8 Å². The van der Waals surface area contributed by atoms with Gasteiger partial charge in [0.05, 0.1) is 33.8 Å². The Morgan fingerprint density at radius 1 is 0.477 bits per heavy atom. The van der Waals surface area contributed by atoms with Gasteiger partial charge in [0.1, 0.15) is 30.4 Å². The Morgan fingerprint density at radius 2 is 0.795 bits per heavy atom. The van der Waals surface area contributed by atoms with Gasteiger partial charge in [-0.1, -0.05) is 39.3 Å². The van der Waals surface area contributed by atoms with Crippen LogP contribution in [0.15, 0.2) is 142 Å². The van der Waals surface area contributed by atoms with E-state index in [-0.39, 0.29) is 30.5 Å². The largest absolute Gasteiger partial charge is 0.416 e. The number of aromatic amines is 1. The Balaban J connectivity index is 0.000000190. The molecule has 0 bridgehead atoms. The first-order chi connectivity index (χ1) is 41.2. The van der Waals surface area contributed by atoms with Crippen molar-refractivity contribution in [2.75, 3.05) is 45.1 Å². The highest BCUT2D eigenvalue weighted by Crippen LogP contribution is 2.34. The smallest absolute Gasteiger partial charge is 0.361 e. The number of halogens is 12. The van der Waals surface area contributed by atoms with Gasteiger partial charge in [-0.2, -0.15) is 39.5 Å². The summed E-state index contributed by atoms with van der Waals surface area (Å²) in [5, 5.41) is 17.8. The van der Waals surface area contributed by atoms with Gasteiger partial charge in [0.25, 0.3) is 0 Å². The summed E-state index contributed by atoms with van der Waals surface area (Å²) >= 11 is 10.1. The highest BCUT2D eigenvalue weighted by Gasteiger charge is 2.32. The molecule has 0 saturated carbocycles. The SMILES string of the molecule is C[Si](C)(C)CCOCn1cc(NC(=O)Nc2ccc(C(F)(F)F)cc2)c2cc(Br)cnc21.C[Si](C)(C)CCOCn1cc(NC(=O)Nc2ccc(C(F)(F)F)cc2)c2cc(Br)cnc21.O=C(Nc1ccc(C(F)(F)F)cc1)Nc1c[nH]c2ncc(Br)cc12. The van der Waals surface area contributed by atoms with Crippen LogP contribution in [0.1, 0.15) is 16.7 Å². The van der Waals surface area contributed by atoms with Crippen LogP contribution in [0.5, 0.6) is 0 Å². The Hall–Kier alpha value is -7.30.